The van der Waals surface area contributed by atoms with Crippen molar-refractivity contribution in [2.75, 3.05) is 18.5 Å². The second-order valence-corrected chi connectivity index (χ2v) is 4.85. The van der Waals surface area contributed by atoms with Crippen molar-refractivity contribution in [3.8, 4) is 11.5 Å². The highest BCUT2D eigenvalue weighted by Gasteiger charge is 2.10. The Morgan fingerprint density at radius 2 is 2.00 bits per heavy atom. The van der Waals surface area contributed by atoms with Crippen LogP contribution in [0.1, 0.15) is 19.0 Å². The fourth-order valence-electron chi connectivity index (χ4n) is 2.38. The van der Waals surface area contributed by atoms with Crippen LogP contribution in [0, 0.1) is 0 Å². The summed E-state index contributed by atoms with van der Waals surface area (Å²) in [5, 5.41) is 3.44. The third-order valence-electron chi connectivity index (χ3n) is 3.49. The number of rotatable bonds is 4. The van der Waals surface area contributed by atoms with Gasteiger partial charge in [0.1, 0.15) is 0 Å². The lowest BCUT2D eigenvalue weighted by Crippen LogP contribution is -2.06. The highest BCUT2D eigenvalue weighted by molar-refractivity contribution is 5.55. The maximum atomic E-state index is 5.70. The van der Waals surface area contributed by atoms with Crippen LogP contribution in [0.2, 0.25) is 0 Å². The van der Waals surface area contributed by atoms with Gasteiger partial charge in [0.15, 0.2) is 11.5 Å². The lowest BCUT2D eigenvalue weighted by atomic mass is 10.2. The first-order valence-electron chi connectivity index (χ1n) is 7.14. The third kappa shape index (κ3) is 2.74. The molecule has 1 N–H and O–H groups in total. The zero-order chi connectivity index (χ0) is 13.8. The molecule has 1 aliphatic rings. The molecule has 1 aromatic heterocycles. The van der Waals surface area contributed by atoms with E-state index in [0.717, 1.165) is 49.9 Å². The molecular formula is C16H20N2O2. The molecule has 1 aliphatic heterocycles. The van der Waals surface area contributed by atoms with Crippen LogP contribution in [0.25, 0.3) is 0 Å². The Bertz CT molecular complexity index is 578. The molecule has 0 spiro atoms. The van der Waals surface area contributed by atoms with Gasteiger partial charge < -0.3 is 19.4 Å². The molecule has 0 bridgehead atoms. The van der Waals surface area contributed by atoms with Crippen molar-refractivity contribution in [3.63, 3.8) is 0 Å². The molecule has 0 saturated heterocycles. The van der Waals surface area contributed by atoms with E-state index in [9.17, 15) is 0 Å². The van der Waals surface area contributed by atoms with Crippen molar-refractivity contribution < 1.29 is 9.47 Å². The van der Waals surface area contributed by atoms with E-state index in [-0.39, 0.29) is 0 Å². The first-order chi connectivity index (χ1) is 9.86. The van der Waals surface area contributed by atoms with E-state index < -0.39 is 0 Å². The second-order valence-electron chi connectivity index (χ2n) is 4.85. The summed E-state index contributed by atoms with van der Waals surface area (Å²) < 4.78 is 13.6. The van der Waals surface area contributed by atoms with Crippen LogP contribution in [0.4, 0.5) is 5.69 Å². The molecule has 0 radical (unpaired) electrons. The monoisotopic (exact) mass is 272 g/mol. The summed E-state index contributed by atoms with van der Waals surface area (Å²) in [5.41, 5.74) is 2.33. The van der Waals surface area contributed by atoms with Crippen molar-refractivity contribution in [3.05, 3.63) is 42.2 Å². The molecule has 3 rings (SSSR count). The van der Waals surface area contributed by atoms with Gasteiger partial charge >= 0.3 is 0 Å². The Morgan fingerprint density at radius 3 is 2.85 bits per heavy atom. The van der Waals surface area contributed by atoms with Crippen molar-refractivity contribution in [1.82, 2.24) is 4.57 Å². The summed E-state index contributed by atoms with van der Waals surface area (Å²) in [6.07, 6.45) is 3.03. The van der Waals surface area contributed by atoms with E-state index >= 15 is 0 Å². The van der Waals surface area contributed by atoms with Gasteiger partial charge in [0, 0.05) is 36.6 Å². The first kappa shape index (κ1) is 12.9. The van der Waals surface area contributed by atoms with Gasteiger partial charge in [0.2, 0.25) is 0 Å². The van der Waals surface area contributed by atoms with Crippen molar-refractivity contribution >= 4 is 5.69 Å². The second kappa shape index (κ2) is 5.90. The molecule has 0 aliphatic carbocycles. The number of anilines is 1. The maximum absolute atomic E-state index is 5.70. The molecule has 0 amide bonds. The minimum Gasteiger partial charge on any atom is -0.490 e. The van der Waals surface area contributed by atoms with Crippen LogP contribution in [0.5, 0.6) is 11.5 Å². The molecule has 4 heteroatoms. The van der Waals surface area contributed by atoms with Crippen molar-refractivity contribution in [1.29, 1.82) is 0 Å². The average molecular weight is 272 g/mol. The van der Waals surface area contributed by atoms with Gasteiger partial charge in [-0.15, -0.1) is 0 Å². The van der Waals surface area contributed by atoms with Gasteiger partial charge in [-0.25, -0.2) is 0 Å². The molecule has 0 atom stereocenters. The number of benzene rings is 1. The normalized spacial score (nSPS) is 13.8. The van der Waals surface area contributed by atoms with E-state index in [1.54, 1.807) is 0 Å². The first-order valence-corrected chi connectivity index (χ1v) is 7.14. The summed E-state index contributed by atoms with van der Waals surface area (Å²) in [6.45, 7) is 5.39. The van der Waals surface area contributed by atoms with Crippen LogP contribution in [0.15, 0.2) is 36.5 Å². The number of hydrogen-bond acceptors (Lipinski definition) is 3. The predicted molar refractivity (Wildman–Crippen MR) is 79.5 cm³/mol. The average Bonchev–Trinajstić information content (AvgIpc) is 2.81. The largest absolute Gasteiger partial charge is 0.490 e. The Labute approximate surface area is 119 Å². The van der Waals surface area contributed by atoms with Gasteiger partial charge in [-0.3, -0.25) is 0 Å². The van der Waals surface area contributed by atoms with E-state index in [4.69, 9.17) is 9.47 Å². The quantitative estimate of drug-likeness (QED) is 0.927. The van der Waals surface area contributed by atoms with E-state index in [0.29, 0.717) is 0 Å². The number of aromatic nitrogens is 1. The van der Waals surface area contributed by atoms with Crippen LogP contribution in [-0.4, -0.2) is 17.8 Å². The predicted octanol–water partition coefficient (Wildman–Crippen LogP) is 3.28. The summed E-state index contributed by atoms with van der Waals surface area (Å²) in [4.78, 5) is 0. The molecule has 20 heavy (non-hydrogen) atoms. The van der Waals surface area contributed by atoms with Crippen molar-refractivity contribution in [2.24, 2.45) is 0 Å². The van der Waals surface area contributed by atoms with Gasteiger partial charge in [0.25, 0.3) is 0 Å². The number of nitrogens with one attached hydrogen (secondary N) is 1. The molecule has 0 saturated carbocycles. The van der Waals surface area contributed by atoms with Gasteiger partial charge in [-0.2, -0.15) is 0 Å². The van der Waals surface area contributed by atoms with Crippen LogP contribution >= 0.6 is 0 Å². The Balaban J connectivity index is 1.70. The van der Waals surface area contributed by atoms with Gasteiger partial charge in [-0.1, -0.05) is 0 Å². The van der Waals surface area contributed by atoms with Gasteiger partial charge in [0.05, 0.1) is 19.8 Å². The molecule has 0 fully saturated rings. The number of fused-ring (bicyclic) bond motifs is 1. The zero-order valence-corrected chi connectivity index (χ0v) is 11.8. The number of ether oxygens (including phenoxy) is 2. The lowest BCUT2D eigenvalue weighted by Gasteiger charge is -2.12. The van der Waals surface area contributed by atoms with Gasteiger partial charge in [-0.05, 0) is 31.2 Å². The smallest absolute Gasteiger partial charge is 0.163 e. The molecule has 0 unspecified atom stereocenters. The molecule has 2 heterocycles. The summed E-state index contributed by atoms with van der Waals surface area (Å²) in [7, 11) is 0. The highest BCUT2D eigenvalue weighted by Crippen LogP contribution is 2.32. The zero-order valence-electron chi connectivity index (χ0n) is 11.8. The third-order valence-corrected chi connectivity index (χ3v) is 3.49. The number of aryl methyl sites for hydroxylation is 1. The van der Waals surface area contributed by atoms with Crippen molar-refractivity contribution in [2.45, 2.75) is 26.4 Å². The minimum atomic E-state index is 0.717. The minimum absolute atomic E-state index is 0.717. The fraction of sp³-hybridized carbons (Fsp3) is 0.375. The Kier molecular flexibility index (Phi) is 3.81. The fourth-order valence-corrected chi connectivity index (χ4v) is 2.38. The van der Waals surface area contributed by atoms with E-state index in [2.05, 4.69) is 35.1 Å². The highest BCUT2D eigenvalue weighted by atomic mass is 16.5. The summed E-state index contributed by atoms with van der Waals surface area (Å²) in [5.74, 6) is 1.67. The standard InChI is InChI=1S/C16H20N2O2/c1-2-18-8-3-5-14(18)12-17-13-6-7-15-16(11-13)20-10-4-9-19-15/h3,5-8,11,17H,2,4,9-10,12H2,1H3. The molecular weight excluding hydrogens is 252 g/mol. The summed E-state index contributed by atoms with van der Waals surface area (Å²) in [6, 6.07) is 10.2. The van der Waals surface area contributed by atoms with E-state index in [1.165, 1.54) is 5.69 Å². The summed E-state index contributed by atoms with van der Waals surface area (Å²) >= 11 is 0. The van der Waals surface area contributed by atoms with E-state index in [1.807, 2.05) is 18.2 Å². The maximum Gasteiger partial charge on any atom is 0.163 e. The Morgan fingerprint density at radius 1 is 1.15 bits per heavy atom. The Hall–Kier alpha value is -2.10. The molecule has 4 nitrogen and oxygen atoms in total. The number of hydrogen-bond donors (Lipinski definition) is 1. The number of nitrogens with zero attached hydrogens (tertiary/aromatic N) is 1. The molecule has 106 valence electrons. The van der Waals surface area contributed by atoms with Crippen LogP contribution < -0.4 is 14.8 Å². The molecule has 2 aromatic rings. The SMILES string of the molecule is CCn1cccc1CNc1ccc2c(c1)OCCCO2. The van der Waals surface area contributed by atoms with Crippen LogP contribution in [0.3, 0.4) is 0 Å². The van der Waals surface area contributed by atoms with Crippen LogP contribution in [-0.2, 0) is 13.1 Å². The topological polar surface area (TPSA) is 35.4 Å². The molecule has 1 aromatic carbocycles. The lowest BCUT2D eigenvalue weighted by molar-refractivity contribution is 0.297.